The fourth-order valence-electron chi connectivity index (χ4n) is 1.80. The predicted octanol–water partition coefficient (Wildman–Crippen LogP) is 4.18. The van der Waals surface area contributed by atoms with E-state index in [9.17, 15) is 0 Å². The number of piperidine rings is 1. The number of halogens is 2. The van der Waals surface area contributed by atoms with Gasteiger partial charge in [-0.1, -0.05) is 15.9 Å². The van der Waals surface area contributed by atoms with Crippen LogP contribution in [0.3, 0.4) is 0 Å². The quantitative estimate of drug-likeness (QED) is 0.821. The Balaban J connectivity index is 2.31. The second kappa shape index (κ2) is 4.66. The van der Waals surface area contributed by atoms with E-state index in [-0.39, 0.29) is 0 Å². The molecular weight excluding hydrogens is 320 g/mol. The zero-order valence-electron chi connectivity index (χ0n) is 8.26. The van der Waals surface area contributed by atoms with Crippen molar-refractivity contribution < 1.29 is 0 Å². The Kier molecular flexibility index (Phi) is 3.46. The first-order valence-corrected chi connectivity index (χ1v) is 6.57. The number of anilines is 1. The number of amidine groups is 1. The minimum atomic E-state index is 0.726. The summed E-state index contributed by atoms with van der Waals surface area (Å²) < 4.78 is 2.10. The molecule has 0 saturated carbocycles. The van der Waals surface area contributed by atoms with Crippen LogP contribution in [0.1, 0.15) is 19.3 Å². The molecule has 15 heavy (non-hydrogen) atoms. The monoisotopic (exact) mass is 330 g/mol. The van der Waals surface area contributed by atoms with Crippen LogP contribution < -0.4 is 4.90 Å². The first-order chi connectivity index (χ1) is 7.18. The van der Waals surface area contributed by atoms with E-state index < -0.39 is 0 Å². The number of nitrogens with zero attached hydrogens (tertiary/aromatic N) is 1. The summed E-state index contributed by atoms with van der Waals surface area (Å²) in [6.07, 6.45) is 3.21. The van der Waals surface area contributed by atoms with Crippen LogP contribution in [0.25, 0.3) is 0 Å². The number of hydrogen-bond donors (Lipinski definition) is 1. The van der Waals surface area contributed by atoms with Gasteiger partial charge in [0.1, 0.15) is 5.84 Å². The molecule has 1 saturated heterocycles. The molecule has 1 fully saturated rings. The maximum absolute atomic E-state index is 7.93. The third-order valence-corrected chi connectivity index (χ3v) is 3.70. The van der Waals surface area contributed by atoms with E-state index in [0.29, 0.717) is 0 Å². The van der Waals surface area contributed by atoms with Crippen molar-refractivity contribution in [2.75, 3.05) is 11.4 Å². The van der Waals surface area contributed by atoms with Gasteiger partial charge in [0.05, 0.1) is 5.69 Å². The average Bonchev–Trinajstić information content (AvgIpc) is 2.20. The van der Waals surface area contributed by atoms with Crippen LogP contribution in [0.5, 0.6) is 0 Å². The van der Waals surface area contributed by atoms with Crippen LogP contribution in [0, 0.1) is 5.41 Å². The SMILES string of the molecule is N=C1CCCCN1c1ccc(Br)cc1Br. The van der Waals surface area contributed by atoms with Crippen LogP contribution in [0.4, 0.5) is 5.69 Å². The molecule has 0 radical (unpaired) electrons. The van der Waals surface area contributed by atoms with E-state index in [1.54, 1.807) is 0 Å². The largest absolute Gasteiger partial charge is 0.329 e. The van der Waals surface area contributed by atoms with Crippen LogP contribution in [0.2, 0.25) is 0 Å². The molecule has 0 aromatic heterocycles. The maximum atomic E-state index is 7.93. The molecule has 80 valence electrons. The fraction of sp³-hybridized carbons (Fsp3) is 0.364. The Labute approximate surface area is 106 Å². The average molecular weight is 332 g/mol. The van der Waals surface area contributed by atoms with Gasteiger partial charge in [-0.25, -0.2) is 0 Å². The Hall–Kier alpha value is -0.350. The highest BCUT2D eigenvalue weighted by molar-refractivity contribution is 9.11. The van der Waals surface area contributed by atoms with Gasteiger partial charge in [0.25, 0.3) is 0 Å². The van der Waals surface area contributed by atoms with E-state index >= 15 is 0 Å². The Bertz CT molecular complexity index is 390. The summed E-state index contributed by atoms with van der Waals surface area (Å²) in [7, 11) is 0. The molecule has 0 unspecified atom stereocenters. The molecule has 0 atom stereocenters. The molecule has 2 nitrogen and oxygen atoms in total. The predicted molar refractivity (Wildman–Crippen MR) is 70.8 cm³/mol. The van der Waals surface area contributed by atoms with E-state index in [4.69, 9.17) is 5.41 Å². The summed E-state index contributed by atoms with van der Waals surface area (Å²) in [6, 6.07) is 6.09. The van der Waals surface area contributed by atoms with Crippen molar-refractivity contribution in [2.24, 2.45) is 0 Å². The molecule has 2 rings (SSSR count). The summed E-state index contributed by atoms with van der Waals surface area (Å²) in [6.45, 7) is 0.957. The highest BCUT2D eigenvalue weighted by Crippen LogP contribution is 2.31. The van der Waals surface area contributed by atoms with E-state index in [1.807, 2.05) is 18.2 Å². The first kappa shape index (κ1) is 11.1. The molecule has 0 spiro atoms. The van der Waals surface area contributed by atoms with Gasteiger partial charge in [-0.3, -0.25) is 5.41 Å². The third-order valence-electron chi connectivity index (χ3n) is 2.57. The molecular formula is C11H12Br2N2. The van der Waals surface area contributed by atoms with Crippen molar-refractivity contribution in [1.82, 2.24) is 0 Å². The number of rotatable bonds is 1. The molecule has 1 heterocycles. The van der Waals surface area contributed by atoms with Crippen molar-refractivity contribution >= 4 is 43.4 Å². The zero-order chi connectivity index (χ0) is 10.8. The van der Waals surface area contributed by atoms with E-state index in [0.717, 1.165) is 39.9 Å². The topological polar surface area (TPSA) is 27.1 Å². The van der Waals surface area contributed by atoms with Gasteiger partial charge < -0.3 is 4.90 Å². The molecule has 1 aliphatic heterocycles. The third kappa shape index (κ3) is 2.42. The van der Waals surface area contributed by atoms with Gasteiger partial charge in [-0.15, -0.1) is 0 Å². The molecule has 4 heteroatoms. The number of nitrogens with one attached hydrogen (secondary N) is 1. The summed E-state index contributed by atoms with van der Waals surface area (Å²) in [5.74, 6) is 0.726. The van der Waals surface area contributed by atoms with Gasteiger partial charge in [0, 0.05) is 21.9 Å². The minimum absolute atomic E-state index is 0.726. The summed E-state index contributed by atoms with van der Waals surface area (Å²) in [4.78, 5) is 2.08. The maximum Gasteiger partial charge on any atom is 0.100 e. The lowest BCUT2D eigenvalue weighted by Crippen LogP contribution is -2.34. The lowest BCUT2D eigenvalue weighted by molar-refractivity contribution is 0.707. The standard InChI is InChI=1S/C11H12Br2N2/c12-8-4-5-10(9(13)7-8)15-6-2-1-3-11(15)14/h4-5,7,14H,1-3,6H2. The second-order valence-corrected chi connectivity index (χ2v) is 5.42. The molecule has 1 aromatic rings. The Morgan fingerprint density at radius 2 is 2.00 bits per heavy atom. The second-order valence-electron chi connectivity index (χ2n) is 3.65. The van der Waals surface area contributed by atoms with Crippen LogP contribution in [-0.4, -0.2) is 12.4 Å². The van der Waals surface area contributed by atoms with Crippen LogP contribution in [0.15, 0.2) is 27.1 Å². The normalized spacial score (nSPS) is 16.9. The summed E-state index contributed by atoms with van der Waals surface area (Å²) in [5.41, 5.74) is 1.10. The highest BCUT2D eigenvalue weighted by atomic mass is 79.9. The first-order valence-electron chi connectivity index (χ1n) is 4.98. The van der Waals surface area contributed by atoms with Crippen molar-refractivity contribution in [3.8, 4) is 0 Å². The highest BCUT2D eigenvalue weighted by Gasteiger charge is 2.18. The molecule has 1 aliphatic rings. The summed E-state index contributed by atoms with van der Waals surface area (Å²) in [5, 5.41) is 7.93. The van der Waals surface area contributed by atoms with Gasteiger partial charge in [-0.05, 0) is 47.0 Å². The van der Waals surface area contributed by atoms with Crippen molar-refractivity contribution in [2.45, 2.75) is 19.3 Å². The molecule has 0 amide bonds. The lowest BCUT2D eigenvalue weighted by atomic mass is 10.1. The Morgan fingerprint density at radius 3 is 2.67 bits per heavy atom. The van der Waals surface area contributed by atoms with Gasteiger partial charge in [-0.2, -0.15) is 0 Å². The molecule has 1 N–H and O–H groups in total. The van der Waals surface area contributed by atoms with Crippen molar-refractivity contribution in [1.29, 1.82) is 5.41 Å². The fourth-order valence-corrected chi connectivity index (χ4v) is 3.06. The van der Waals surface area contributed by atoms with E-state index in [2.05, 4.69) is 36.8 Å². The summed E-state index contributed by atoms with van der Waals surface area (Å²) >= 11 is 6.97. The van der Waals surface area contributed by atoms with Crippen molar-refractivity contribution in [3.05, 3.63) is 27.1 Å². The number of hydrogen-bond acceptors (Lipinski definition) is 1. The zero-order valence-corrected chi connectivity index (χ0v) is 11.4. The smallest absolute Gasteiger partial charge is 0.100 e. The molecule has 0 bridgehead atoms. The van der Waals surface area contributed by atoms with E-state index in [1.165, 1.54) is 6.42 Å². The number of benzene rings is 1. The lowest BCUT2D eigenvalue weighted by Gasteiger charge is -2.30. The molecule has 1 aromatic carbocycles. The van der Waals surface area contributed by atoms with Crippen LogP contribution >= 0.6 is 31.9 Å². The van der Waals surface area contributed by atoms with Gasteiger partial charge in [0.2, 0.25) is 0 Å². The Morgan fingerprint density at radius 1 is 1.20 bits per heavy atom. The van der Waals surface area contributed by atoms with Gasteiger partial charge in [0.15, 0.2) is 0 Å². The molecule has 0 aliphatic carbocycles. The van der Waals surface area contributed by atoms with Gasteiger partial charge >= 0.3 is 0 Å². The van der Waals surface area contributed by atoms with Crippen LogP contribution in [-0.2, 0) is 0 Å². The van der Waals surface area contributed by atoms with Crippen molar-refractivity contribution in [3.63, 3.8) is 0 Å². The minimum Gasteiger partial charge on any atom is -0.329 e.